The quantitative estimate of drug-likeness (QED) is 0.277. The molecule has 0 bridgehead atoms. The molecule has 3 heterocycles. The monoisotopic (exact) mass is 482 g/mol. The second kappa shape index (κ2) is 8.57. The fourth-order valence-corrected chi connectivity index (χ4v) is 4.60. The molecule has 1 N–H and O–H groups in total. The Morgan fingerprint density at radius 2 is 1.71 bits per heavy atom. The molecule has 1 fully saturated rings. The van der Waals surface area contributed by atoms with Crippen molar-refractivity contribution in [2.45, 2.75) is 18.3 Å². The molecule has 0 saturated carbocycles. The van der Waals surface area contributed by atoms with Crippen LogP contribution in [0.15, 0.2) is 91.3 Å². The predicted molar refractivity (Wildman–Crippen MR) is 125 cm³/mol. The molecule has 2 aromatic heterocycles. The zero-order valence-electron chi connectivity index (χ0n) is 17.6. The summed E-state index contributed by atoms with van der Waals surface area (Å²) < 4.78 is 56.7. The number of anilines is 1. The van der Waals surface area contributed by atoms with E-state index in [1.807, 2.05) is 12.1 Å². The molecule has 172 valence electrons. The van der Waals surface area contributed by atoms with Gasteiger partial charge in [-0.2, -0.15) is 13.2 Å². The first-order valence-corrected chi connectivity index (χ1v) is 10.9. The van der Waals surface area contributed by atoms with Crippen molar-refractivity contribution in [2.75, 3.05) is 4.90 Å². The summed E-state index contributed by atoms with van der Waals surface area (Å²) in [6.07, 6.45) is -1.15. The molecule has 0 spiro atoms. The molecule has 34 heavy (non-hydrogen) atoms. The minimum Gasteiger partial charge on any atom is -0.351 e. The smallest absolute Gasteiger partial charge is 0.351 e. The number of nitrogens with zero attached hydrogens (tertiary/aromatic N) is 3. The molecule has 9 heteroatoms. The summed E-state index contributed by atoms with van der Waals surface area (Å²) >= 11 is 5.60. The van der Waals surface area contributed by atoms with E-state index in [0.29, 0.717) is 22.2 Å². The van der Waals surface area contributed by atoms with Crippen LogP contribution < -0.4 is 10.2 Å². The van der Waals surface area contributed by atoms with Gasteiger partial charge >= 0.3 is 6.18 Å². The van der Waals surface area contributed by atoms with Gasteiger partial charge in [0.15, 0.2) is 5.11 Å². The molecule has 2 aromatic carbocycles. The highest BCUT2D eigenvalue weighted by atomic mass is 32.1. The summed E-state index contributed by atoms with van der Waals surface area (Å²) in [4.78, 5) is 6.11. The van der Waals surface area contributed by atoms with E-state index in [1.165, 1.54) is 12.1 Å². The van der Waals surface area contributed by atoms with E-state index in [2.05, 4.69) is 10.3 Å². The first-order chi connectivity index (χ1) is 16.3. The Balaban J connectivity index is 1.68. The summed E-state index contributed by atoms with van der Waals surface area (Å²) in [6, 6.07) is 19.3. The van der Waals surface area contributed by atoms with Gasteiger partial charge in [0.1, 0.15) is 11.9 Å². The Morgan fingerprint density at radius 3 is 2.44 bits per heavy atom. The summed E-state index contributed by atoms with van der Waals surface area (Å²) in [6.45, 7) is 0. The van der Waals surface area contributed by atoms with Crippen LogP contribution >= 0.6 is 12.2 Å². The van der Waals surface area contributed by atoms with Crippen LogP contribution in [0.4, 0.5) is 23.2 Å². The Bertz CT molecular complexity index is 1340. The number of alkyl halides is 3. The van der Waals surface area contributed by atoms with Crippen molar-refractivity contribution in [1.82, 2.24) is 14.9 Å². The number of hydrogen-bond donors (Lipinski definition) is 1. The molecule has 4 aromatic rings. The number of thiocarbonyl (C=S) groups is 1. The molecular weight excluding hydrogens is 464 g/mol. The summed E-state index contributed by atoms with van der Waals surface area (Å²) in [5.74, 6) is -0.463. The Kier molecular flexibility index (Phi) is 5.57. The van der Waals surface area contributed by atoms with Crippen LogP contribution in [0.2, 0.25) is 0 Å². The summed E-state index contributed by atoms with van der Waals surface area (Å²) in [7, 11) is 0. The predicted octanol–water partition coefficient (Wildman–Crippen LogP) is 6.21. The van der Waals surface area contributed by atoms with Gasteiger partial charge in [-0.3, -0.25) is 4.98 Å². The van der Waals surface area contributed by atoms with Gasteiger partial charge < -0.3 is 14.8 Å². The maximum Gasteiger partial charge on any atom is 0.416 e. The van der Waals surface area contributed by atoms with E-state index in [0.717, 1.165) is 12.1 Å². The van der Waals surface area contributed by atoms with Crippen LogP contribution in [0.5, 0.6) is 0 Å². The lowest BCUT2D eigenvalue weighted by atomic mass is 10.0. The molecular formula is C25H18F4N4S. The largest absolute Gasteiger partial charge is 0.416 e. The van der Waals surface area contributed by atoms with E-state index >= 15 is 0 Å². The van der Waals surface area contributed by atoms with Crippen molar-refractivity contribution in [1.29, 1.82) is 0 Å². The first kappa shape index (κ1) is 22.1. The third-order valence-electron chi connectivity index (χ3n) is 5.75. The van der Waals surface area contributed by atoms with Crippen molar-refractivity contribution >= 4 is 23.0 Å². The maximum absolute atomic E-state index is 14.9. The third-order valence-corrected chi connectivity index (χ3v) is 6.06. The van der Waals surface area contributed by atoms with Gasteiger partial charge in [-0.25, -0.2) is 4.39 Å². The number of aromatic nitrogens is 2. The van der Waals surface area contributed by atoms with Crippen LogP contribution in [0.1, 0.15) is 29.0 Å². The molecule has 1 aliphatic rings. The summed E-state index contributed by atoms with van der Waals surface area (Å²) in [5, 5.41) is 3.53. The number of halogens is 4. The van der Waals surface area contributed by atoms with Crippen molar-refractivity contribution in [3.8, 4) is 5.69 Å². The van der Waals surface area contributed by atoms with Gasteiger partial charge in [-0.1, -0.05) is 24.3 Å². The van der Waals surface area contributed by atoms with Crippen molar-refractivity contribution in [3.05, 3.63) is 114 Å². The number of pyridine rings is 1. The van der Waals surface area contributed by atoms with E-state index in [9.17, 15) is 17.6 Å². The second-order valence-electron chi connectivity index (χ2n) is 7.80. The van der Waals surface area contributed by atoms with Crippen molar-refractivity contribution < 1.29 is 17.6 Å². The standard InChI is InChI=1S/C25H18F4N4S/c26-18-9-1-2-11-20(18)33-23(22(31-24(33)34)19-10-3-4-13-30-19)21-12-6-14-32(21)17-8-5-7-16(15-17)25(27,28)29/h1-15,22-23H,(H,31,34)/t22-,23-/m1/s1. The van der Waals surface area contributed by atoms with E-state index in [-0.39, 0.29) is 5.69 Å². The average molecular weight is 483 g/mol. The molecule has 2 atom stereocenters. The molecule has 0 amide bonds. The summed E-state index contributed by atoms with van der Waals surface area (Å²) in [5.41, 5.74) is 1.15. The van der Waals surface area contributed by atoms with Crippen LogP contribution in [0, 0.1) is 5.82 Å². The lowest BCUT2D eigenvalue weighted by molar-refractivity contribution is -0.137. The highest BCUT2D eigenvalue weighted by molar-refractivity contribution is 7.80. The third kappa shape index (κ3) is 3.92. The van der Waals surface area contributed by atoms with E-state index < -0.39 is 29.6 Å². The molecule has 0 radical (unpaired) electrons. The molecule has 0 aliphatic carbocycles. The first-order valence-electron chi connectivity index (χ1n) is 10.4. The Hall–Kier alpha value is -3.72. The SMILES string of the molecule is Fc1ccccc1N1C(=S)N[C@H](c2ccccn2)[C@H]1c1cccn1-c1cccc(C(F)(F)F)c1. The fraction of sp³-hybridized carbons (Fsp3) is 0.120. The van der Waals surface area contributed by atoms with Crippen molar-refractivity contribution in [2.24, 2.45) is 0 Å². The second-order valence-corrected chi connectivity index (χ2v) is 8.19. The van der Waals surface area contributed by atoms with Crippen LogP contribution in [0.3, 0.4) is 0 Å². The number of rotatable bonds is 4. The van der Waals surface area contributed by atoms with Crippen LogP contribution in [0.25, 0.3) is 5.69 Å². The number of nitrogens with one attached hydrogen (secondary N) is 1. The zero-order valence-corrected chi connectivity index (χ0v) is 18.4. The minimum atomic E-state index is -4.48. The van der Waals surface area contributed by atoms with Crippen LogP contribution in [-0.4, -0.2) is 14.7 Å². The minimum absolute atomic E-state index is 0.264. The fourth-order valence-electron chi connectivity index (χ4n) is 4.26. The van der Waals surface area contributed by atoms with Crippen molar-refractivity contribution in [3.63, 3.8) is 0 Å². The highest BCUT2D eigenvalue weighted by Crippen LogP contribution is 2.43. The lowest BCUT2D eigenvalue weighted by Gasteiger charge is -2.29. The number of benzene rings is 2. The topological polar surface area (TPSA) is 33.1 Å². The highest BCUT2D eigenvalue weighted by Gasteiger charge is 2.43. The van der Waals surface area contributed by atoms with Gasteiger partial charge in [0.05, 0.1) is 23.0 Å². The number of hydrogen-bond acceptors (Lipinski definition) is 2. The molecule has 5 rings (SSSR count). The molecule has 1 aliphatic heterocycles. The van der Waals surface area contributed by atoms with Gasteiger partial charge in [0.2, 0.25) is 0 Å². The maximum atomic E-state index is 14.9. The van der Waals surface area contributed by atoms with Gasteiger partial charge in [0, 0.05) is 23.8 Å². The average Bonchev–Trinajstić information content (AvgIpc) is 3.44. The van der Waals surface area contributed by atoms with E-state index in [4.69, 9.17) is 12.2 Å². The molecule has 0 unspecified atom stereocenters. The van der Waals surface area contributed by atoms with Gasteiger partial charge in [-0.05, 0) is 66.8 Å². The van der Waals surface area contributed by atoms with Gasteiger partial charge in [-0.15, -0.1) is 0 Å². The van der Waals surface area contributed by atoms with E-state index in [1.54, 1.807) is 64.3 Å². The number of para-hydroxylation sites is 1. The molecule has 1 saturated heterocycles. The lowest BCUT2D eigenvalue weighted by Crippen LogP contribution is -2.31. The zero-order chi connectivity index (χ0) is 23.9. The molecule has 4 nitrogen and oxygen atoms in total. The van der Waals surface area contributed by atoms with Gasteiger partial charge in [0.25, 0.3) is 0 Å². The Morgan fingerprint density at radius 1 is 0.912 bits per heavy atom. The van der Waals surface area contributed by atoms with Crippen LogP contribution in [-0.2, 0) is 6.18 Å². The normalized spacial score (nSPS) is 18.2. The Labute approximate surface area is 198 Å².